The van der Waals surface area contributed by atoms with Crippen molar-refractivity contribution in [3.63, 3.8) is 0 Å². The van der Waals surface area contributed by atoms with Crippen LogP contribution in [0.25, 0.3) is 0 Å². The molecule has 1 aromatic rings. The number of nitrogens with one attached hydrogen (secondary N) is 1. The van der Waals surface area contributed by atoms with E-state index < -0.39 is 0 Å². The van der Waals surface area contributed by atoms with E-state index in [1.807, 2.05) is 24.3 Å². The molecule has 0 saturated heterocycles. The van der Waals surface area contributed by atoms with Crippen LogP contribution in [0, 0.1) is 0 Å². The summed E-state index contributed by atoms with van der Waals surface area (Å²) in [6.45, 7) is 2.72. The number of para-hydroxylation sites is 2. The van der Waals surface area contributed by atoms with Gasteiger partial charge in [-0.2, -0.15) is 0 Å². The number of hydrogen-bond donors (Lipinski definition) is 1. The van der Waals surface area contributed by atoms with Crippen LogP contribution in [-0.4, -0.2) is 25.2 Å². The number of carbonyl (C=O) groups is 1. The van der Waals surface area contributed by atoms with Crippen LogP contribution in [0.3, 0.4) is 0 Å². The lowest BCUT2D eigenvalue weighted by molar-refractivity contribution is -0.143. The summed E-state index contributed by atoms with van der Waals surface area (Å²) >= 11 is 0. The second-order valence-electron chi connectivity index (χ2n) is 3.66. The van der Waals surface area contributed by atoms with Crippen LogP contribution in [0.4, 0.5) is 5.69 Å². The predicted molar refractivity (Wildman–Crippen MR) is 60.6 cm³/mol. The van der Waals surface area contributed by atoms with Crippen LogP contribution in [0.2, 0.25) is 0 Å². The highest BCUT2D eigenvalue weighted by Gasteiger charge is 2.21. The Kier molecular flexibility index (Phi) is 3.29. The highest BCUT2D eigenvalue weighted by atomic mass is 16.5. The molecule has 0 fully saturated rings. The van der Waals surface area contributed by atoms with Gasteiger partial charge in [0.25, 0.3) is 0 Å². The van der Waals surface area contributed by atoms with Crippen LogP contribution in [0.1, 0.15) is 13.3 Å². The fourth-order valence-corrected chi connectivity index (χ4v) is 1.69. The van der Waals surface area contributed by atoms with Crippen molar-refractivity contribution in [1.82, 2.24) is 0 Å². The molecule has 86 valence electrons. The molecule has 0 radical (unpaired) electrons. The molecule has 0 spiro atoms. The molecule has 0 bridgehead atoms. The average molecular weight is 221 g/mol. The predicted octanol–water partition coefficient (Wildman–Crippen LogP) is 1.81. The lowest BCUT2D eigenvalue weighted by Gasteiger charge is -2.26. The summed E-state index contributed by atoms with van der Waals surface area (Å²) in [6, 6.07) is 7.69. The molecule has 2 rings (SSSR count). The van der Waals surface area contributed by atoms with Crippen molar-refractivity contribution in [1.29, 1.82) is 0 Å². The molecule has 0 saturated carbocycles. The van der Waals surface area contributed by atoms with E-state index in [2.05, 4.69) is 5.32 Å². The Balaban J connectivity index is 1.95. The van der Waals surface area contributed by atoms with E-state index in [1.54, 1.807) is 6.92 Å². The zero-order valence-electron chi connectivity index (χ0n) is 9.23. The third kappa shape index (κ3) is 2.45. The van der Waals surface area contributed by atoms with Crippen LogP contribution in [0.15, 0.2) is 24.3 Å². The van der Waals surface area contributed by atoms with Gasteiger partial charge in [-0.15, -0.1) is 0 Å². The molecule has 4 nitrogen and oxygen atoms in total. The van der Waals surface area contributed by atoms with Crippen molar-refractivity contribution in [2.45, 2.75) is 19.4 Å². The molecule has 16 heavy (non-hydrogen) atoms. The van der Waals surface area contributed by atoms with Gasteiger partial charge < -0.3 is 14.8 Å². The van der Waals surface area contributed by atoms with Crippen molar-refractivity contribution in [2.75, 3.05) is 18.5 Å². The molecule has 0 aromatic heterocycles. The van der Waals surface area contributed by atoms with E-state index in [0.29, 0.717) is 19.6 Å². The zero-order valence-corrected chi connectivity index (χ0v) is 9.23. The number of ether oxygens (including phenoxy) is 2. The number of benzene rings is 1. The van der Waals surface area contributed by atoms with E-state index >= 15 is 0 Å². The van der Waals surface area contributed by atoms with Crippen molar-refractivity contribution in [3.05, 3.63) is 24.3 Å². The van der Waals surface area contributed by atoms with Gasteiger partial charge in [-0.25, -0.2) is 0 Å². The molecule has 0 unspecified atom stereocenters. The van der Waals surface area contributed by atoms with E-state index in [4.69, 9.17) is 9.47 Å². The van der Waals surface area contributed by atoms with Crippen LogP contribution < -0.4 is 10.1 Å². The van der Waals surface area contributed by atoms with Gasteiger partial charge in [-0.3, -0.25) is 4.79 Å². The zero-order chi connectivity index (χ0) is 11.4. The first-order valence-corrected chi connectivity index (χ1v) is 5.43. The Morgan fingerprint density at radius 2 is 2.38 bits per heavy atom. The fraction of sp³-hybridized carbons (Fsp3) is 0.417. The maximum absolute atomic E-state index is 11.3. The van der Waals surface area contributed by atoms with Gasteiger partial charge >= 0.3 is 5.97 Å². The molecular formula is C12H15NO3. The first-order valence-electron chi connectivity index (χ1n) is 5.43. The summed E-state index contributed by atoms with van der Waals surface area (Å²) in [4.78, 5) is 11.3. The van der Waals surface area contributed by atoms with Crippen molar-refractivity contribution in [2.24, 2.45) is 0 Å². The number of hydrogen-bond acceptors (Lipinski definition) is 4. The molecule has 0 amide bonds. The quantitative estimate of drug-likeness (QED) is 0.791. The van der Waals surface area contributed by atoms with Gasteiger partial charge in [0.1, 0.15) is 12.4 Å². The number of anilines is 1. The third-order valence-corrected chi connectivity index (χ3v) is 2.41. The minimum absolute atomic E-state index is 0.00560. The van der Waals surface area contributed by atoms with E-state index in [9.17, 15) is 4.79 Å². The highest BCUT2D eigenvalue weighted by molar-refractivity contribution is 5.71. The SMILES string of the molecule is CCOC(=O)C[C@H]1COc2ccccc2N1. The molecule has 1 atom stereocenters. The van der Waals surface area contributed by atoms with Crippen LogP contribution >= 0.6 is 0 Å². The van der Waals surface area contributed by atoms with E-state index in [-0.39, 0.29) is 12.0 Å². The van der Waals surface area contributed by atoms with Gasteiger partial charge in [-0.1, -0.05) is 12.1 Å². The molecule has 1 aliphatic rings. The lowest BCUT2D eigenvalue weighted by atomic mass is 10.1. The minimum Gasteiger partial charge on any atom is -0.489 e. The Morgan fingerprint density at radius 1 is 1.56 bits per heavy atom. The molecule has 1 heterocycles. The Hall–Kier alpha value is -1.71. The molecule has 0 aliphatic carbocycles. The Morgan fingerprint density at radius 3 is 3.19 bits per heavy atom. The molecule has 1 N–H and O–H groups in total. The smallest absolute Gasteiger partial charge is 0.307 e. The maximum Gasteiger partial charge on any atom is 0.307 e. The summed E-state index contributed by atoms with van der Waals surface area (Å²) in [5, 5.41) is 3.26. The van der Waals surface area contributed by atoms with Crippen LogP contribution in [-0.2, 0) is 9.53 Å². The number of carbonyl (C=O) groups excluding carboxylic acids is 1. The lowest BCUT2D eigenvalue weighted by Crippen LogP contribution is -2.33. The number of rotatable bonds is 3. The van der Waals surface area contributed by atoms with Crippen molar-refractivity contribution < 1.29 is 14.3 Å². The normalized spacial score (nSPS) is 17.9. The second-order valence-corrected chi connectivity index (χ2v) is 3.66. The second kappa shape index (κ2) is 4.88. The minimum atomic E-state index is -0.192. The fourth-order valence-electron chi connectivity index (χ4n) is 1.69. The monoisotopic (exact) mass is 221 g/mol. The van der Waals surface area contributed by atoms with Gasteiger partial charge in [0.05, 0.1) is 24.8 Å². The van der Waals surface area contributed by atoms with Gasteiger partial charge in [-0.05, 0) is 19.1 Å². The average Bonchev–Trinajstić information content (AvgIpc) is 2.29. The van der Waals surface area contributed by atoms with Crippen LogP contribution in [0.5, 0.6) is 5.75 Å². The first-order chi connectivity index (χ1) is 7.79. The van der Waals surface area contributed by atoms with Gasteiger partial charge in [0, 0.05) is 0 Å². The summed E-state index contributed by atoms with van der Waals surface area (Å²) in [5.41, 5.74) is 0.933. The molecule has 1 aliphatic heterocycles. The molecule has 4 heteroatoms. The third-order valence-electron chi connectivity index (χ3n) is 2.41. The van der Waals surface area contributed by atoms with E-state index in [1.165, 1.54) is 0 Å². The summed E-state index contributed by atoms with van der Waals surface area (Å²) in [5.74, 6) is 0.644. The summed E-state index contributed by atoms with van der Waals surface area (Å²) < 4.78 is 10.4. The summed E-state index contributed by atoms with van der Waals surface area (Å²) in [6.07, 6.45) is 0.335. The largest absolute Gasteiger partial charge is 0.489 e. The van der Waals surface area contributed by atoms with Crippen molar-refractivity contribution in [3.8, 4) is 5.75 Å². The highest BCUT2D eigenvalue weighted by Crippen LogP contribution is 2.28. The van der Waals surface area contributed by atoms with Gasteiger partial charge in [0.2, 0.25) is 0 Å². The van der Waals surface area contributed by atoms with Crippen molar-refractivity contribution >= 4 is 11.7 Å². The molecule has 1 aromatic carbocycles. The summed E-state index contributed by atoms with van der Waals surface area (Å²) in [7, 11) is 0. The Labute approximate surface area is 94.6 Å². The molecular weight excluding hydrogens is 206 g/mol. The Bertz CT molecular complexity index is 378. The first kappa shape index (κ1) is 10.8. The topological polar surface area (TPSA) is 47.6 Å². The van der Waals surface area contributed by atoms with E-state index in [0.717, 1.165) is 11.4 Å². The number of fused-ring (bicyclic) bond motifs is 1. The number of esters is 1. The standard InChI is InChI=1S/C12H15NO3/c1-2-15-12(14)7-9-8-16-11-6-4-3-5-10(11)13-9/h3-6,9,13H,2,7-8H2,1H3/t9-/m0/s1. The maximum atomic E-state index is 11.3. The van der Waals surface area contributed by atoms with Gasteiger partial charge in [0.15, 0.2) is 0 Å².